The Morgan fingerprint density at radius 2 is 1.96 bits per heavy atom. The number of anilines is 1. The molecule has 0 saturated carbocycles. The summed E-state index contributed by atoms with van der Waals surface area (Å²) in [6.45, 7) is 5.61. The minimum absolute atomic E-state index is 0.0961. The third-order valence-corrected chi connectivity index (χ3v) is 3.82. The van der Waals surface area contributed by atoms with Crippen LogP contribution >= 0.6 is 0 Å². The SMILES string of the molecule is C=C[C@H](C)[C@@H](OC(=O)Nc1ccc(F)cc1F)c1ccc(OCCO)cc1. The van der Waals surface area contributed by atoms with Gasteiger partial charge in [-0.25, -0.2) is 13.6 Å². The number of aliphatic hydroxyl groups is 1. The Labute approximate surface area is 156 Å². The van der Waals surface area contributed by atoms with Crippen molar-refractivity contribution >= 4 is 11.8 Å². The van der Waals surface area contributed by atoms with E-state index in [2.05, 4.69) is 11.9 Å². The molecule has 0 fully saturated rings. The summed E-state index contributed by atoms with van der Waals surface area (Å²) in [5, 5.41) is 11.0. The lowest BCUT2D eigenvalue weighted by molar-refractivity contribution is 0.0896. The van der Waals surface area contributed by atoms with Crippen LogP contribution in [-0.2, 0) is 4.74 Å². The van der Waals surface area contributed by atoms with Crippen LogP contribution in [0.2, 0.25) is 0 Å². The fraction of sp³-hybridized carbons (Fsp3) is 0.250. The van der Waals surface area contributed by atoms with Gasteiger partial charge in [-0.15, -0.1) is 6.58 Å². The molecule has 144 valence electrons. The molecule has 0 aliphatic heterocycles. The number of ether oxygens (including phenoxy) is 2. The minimum Gasteiger partial charge on any atom is -0.491 e. The van der Waals surface area contributed by atoms with Crippen molar-refractivity contribution in [1.29, 1.82) is 0 Å². The molecule has 2 N–H and O–H groups in total. The summed E-state index contributed by atoms with van der Waals surface area (Å²) in [6.07, 6.45) is 0.0878. The van der Waals surface area contributed by atoms with E-state index in [1.807, 2.05) is 6.92 Å². The van der Waals surface area contributed by atoms with Crippen molar-refractivity contribution in [3.05, 3.63) is 72.3 Å². The first-order valence-electron chi connectivity index (χ1n) is 8.33. The van der Waals surface area contributed by atoms with Crippen LogP contribution in [0, 0.1) is 17.6 Å². The smallest absolute Gasteiger partial charge is 0.412 e. The van der Waals surface area contributed by atoms with E-state index in [4.69, 9.17) is 14.6 Å². The molecular formula is C20H21F2NO4. The Kier molecular flexibility index (Phi) is 7.31. The molecule has 0 aromatic heterocycles. The number of benzene rings is 2. The number of hydrogen-bond donors (Lipinski definition) is 2. The molecule has 0 bridgehead atoms. The lowest BCUT2D eigenvalue weighted by Gasteiger charge is -2.23. The van der Waals surface area contributed by atoms with Crippen molar-refractivity contribution < 1.29 is 28.2 Å². The summed E-state index contributed by atoms with van der Waals surface area (Å²) in [5.41, 5.74) is 0.507. The Morgan fingerprint density at radius 1 is 1.26 bits per heavy atom. The van der Waals surface area contributed by atoms with E-state index in [0.29, 0.717) is 17.4 Å². The Morgan fingerprint density at radius 3 is 2.56 bits per heavy atom. The van der Waals surface area contributed by atoms with Gasteiger partial charge < -0.3 is 14.6 Å². The Bertz CT molecular complexity index is 780. The normalized spacial score (nSPS) is 12.7. The molecule has 0 heterocycles. The highest BCUT2D eigenvalue weighted by atomic mass is 19.1. The van der Waals surface area contributed by atoms with Gasteiger partial charge in [-0.1, -0.05) is 25.1 Å². The molecule has 27 heavy (non-hydrogen) atoms. The number of aliphatic hydroxyl groups excluding tert-OH is 1. The summed E-state index contributed by atoms with van der Waals surface area (Å²) in [7, 11) is 0. The number of amides is 1. The molecule has 0 aliphatic carbocycles. The maximum absolute atomic E-state index is 13.7. The lowest BCUT2D eigenvalue weighted by Crippen LogP contribution is -2.21. The van der Waals surface area contributed by atoms with Crippen LogP contribution in [0.4, 0.5) is 19.3 Å². The van der Waals surface area contributed by atoms with Gasteiger partial charge in [-0.05, 0) is 29.8 Å². The van der Waals surface area contributed by atoms with Gasteiger partial charge in [0.15, 0.2) is 0 Å². The quantitative estimate of drug-likeness (QED) is 0.667. The largest absolute Gasteiger partial charge is 0.491 e. The van der Waals surface area contributed by atoms with E-state index < -0.39 is 23.8 Å². The van der Waals surface area contributed by atoms with Crippen LogP contribution in [-0.4, -0.2) is 24.4 Å². The minimum atomic E-state index is -0.898. The van der Waals surface area contributed by atoms with Gasteiger partial charge in [0.1, 0.15) is 30.1 Å². The third-order valence-electron chi connectivity index (χ3n) is 3.82. The lowest BCUT2D eigenvalue weighted by atomic mass is 9.97. The summed E-state index contributed by atoms with van der Waals surface area (Å²) in [5.74, 6) is -1.30. The molecule has 0 saturated heterocycles. The van der Waals surface area contributed by atoms with Gasteiger partial charge in [-0.2, -0.15) is 0 Å². The van der Waals surface area contributed by atoms with Crippen LogP contribution in [0.5, 0.6) is 5.75 Å². The highest BCUT2D eigenvalue weighted by molar-refractivity contribution is 5.84. The molecular weight excluding hydrogens is 356 g/mol. The van der Waals surface area contributed by atoms with E-state index >= 15 is 0 Å². The van der Waals surface area contributed by atoms with E-state index in [1.54, 1.807) is 30.3 Å². The monoisotopic (exact) mass is 377 g/mol. The zero-order chi connectivity index (χ0) is 19.8. The van der Waals surface area contributed by atoms with Gasteiger partial charge in [0.05, 0.1) is 12.3 Å². The van der Waals surface area contributed by atoms with Crippen molar-refractivity contribution in [2.45, 2.75) is 13.0 Å². The van der Waals surface area contributed by atoms with E-state index in [0.717, 1.165) is 12.1 Å². The Hall–Kier alpha value is -2.93. The number of halogens is 2. The maximum Gasteiger partial charge on any atom is 0.412 e. The number of nitrogens with one attached hydrogen (secondary N) is 1. The van der Waals surface area contributed by atoms with Crippen molar-refractivity contribution in [3.63, 3.8) is 0 Å². The molecule has 0 unspecified atom stereocenters. The predicted octanol–water partition coefficient (Wildman–Crippen LogP) is 4.45. The Balaban J connectivity index is 2.11. The molecule has 5 nitrogen and oxygen atoms in total. The molecule has 1 amide bonds. The first kappa shape index (κ1) is 20.4. The second-order valence-electron chi connectivity index (χ2n) is 5.81. The van der Waals surface area contributed by atoms with E-state index in [1.165, 1.54) is 0 Å². The highest BCUT2D eigenvalue weighted by Crippen LogP contribution is 2.29. The van der Waals surface area contributed by atoms with Crippen LogP contribution in [0.3, 0.4) is 0 Å². The summed E-state index contributed by atoms with van der Waals surface area (Å²) in [6, 6.07) is 9.65. The van der Waals surface area contributed by atoms with Gasteiger partial charge in [-0.3, -0.25) is 5.32 Å². The van der Waals surface area contributed by atoms with Crippen LogP contribution in [0.25, 0.3) is 0 Å². The van der Waals surface area contributed by atoms with Gasteiger partial charge in [0, 0.05) is 12.0 Å². The molecule has 0 spiro atoms. The molecule has 2 aromatic carbocycles. The average Bonchev–Trinajstić information content (AvgIpc) is 2.66. The van der Waals surface area contributed by atoms with E-state index in [-0.39, 0.29) is 24.8 Å². The topological polar surface area (TPSA) is 67.8 Å². The van der Waals surface area contributed by atoms with Gasteiger partial charge in [0.2, 0.25) is 0 Å². The zero-order valence-corrected chi connectivity index (χ0v) is 14.8. The van der Waals surface area contributed by atoms with Gasteiger partial charge in [0.25, 0.3) is 0 Å². The van der Waals surface area contributed by atoms with Gasteiger partial charge >= 0.3 is 6.09 Å². The third kappa shape index (κ3) is 5.79. The van der Waals surface area contributed by atoms with Crippen molar-refractivity contribution in [1.82, 2.24) is 0 Å². The summed E-state index contributed by atoms with van der Waals surface area (Å²) >= 11 is 0. The maximum atomic E-state index is 13.7. The summed E-state index contributed by atoms with van der Waals surface area (Å²) in [4.78, 5) is 12.2. The van der Waals surface area contributed by atoms with Crippen molar-refractivity contribution in [2.24, 2.45) is 5.92 Å². The van der Waals surface area contributed by atoms with Crippen molar-refractivity contribution in [3.8, 4) is 5.75 Å². The number of carbonyl (C=O) groups excluding carboxylic acids is 1. The summed E-state index contributed by atoms with van der Waals surface area (Å²) < 4.78 is 37.4. The number of carbonyl (C=O) groups is 1. The molecule has 2 rings (SSSR count). The van der Waals surface area contributed by atoms with Crippen molar-refractivity contribution in [2.75, 3.05) is 18.5 Å². The van der Waals surface area contributed by atoms with Crippen LogP contribution in [0.1, 0.15) is 18.6 Å². The number of rotatable bonds is 8. The highest BCUT2D eigenvalue weighted by Gasteiger charge is 2.22. The molecule has 7 heteroatoms. The number of hydrogen-bond acceptors (Lipinski definition) is 4. The predicted molar refractivity (Wildman–Crippen MR) is 97.6 cm³/mol. The molecule has 0 radical (unpaired) electrons. The average molecular weight is 377 g/mol. The molecule has 2 aromatic rings. The van der Waals surface area contributed by atoms with Crippen LogP contribution < -0.4 is 10.1 Å². The second kappa shape index (κ2) is 9.68. The fourth-order valence-electron chi connectivity index (χ4n) is 2.37. The second-order valence-corrected chi connectivity index (χ2v) is 5.81. The molecule has 0 aliphatic rings. The molecule has 2 atom stereocenters. The first-order valence-corrected chi connectivity index (χ1v) is 8.33. The zero-order valence-electron chi connectivity index (χ0n) is 14.8. The fourth-order valence-corrected chi connectivity index (χ4v) is 2.37. The van der Waals surface area contributed by atoms with Crippen LogP contribution in [0.15, 0.2) is 55.1 Å². The standard InChI is InChI=1S/C20H21F2NO4/c1-3-13(2)19(14-4-7-16(8-5-14)26-11-10-24)27-20(25)23-18-9-6-15(21)12-17(18)22/h3-9,12-13,19,24H,1,10-11H2,2H3,(H,23,25)/t13-,19+/m0/s1. The first-order chi connectivity index (χ1) is 12.9. The van der Waals surface area contributed by atoms with E-state index in [9.17, 15) is 13.6 Å².